The molecule has 0 unspecified atom stereocenters. The highest BCUT2D eigenvalue weighted by molar-refractivity contribution is 6.34. The van der Waals surface area contributed by atoms with Crippen LogP contribution in [0.3, 0.4) is 0 Å². The van der Waals surface area contributed by atoms with Gasteiger partial charge in [0.1, 0.15) is 5.75 Å². The quantitative estimate of drug-likeness (QED) is 0.782. The third-order valence-corrected chi connectivity index (χ3v) is 3.54. The number of benzene rings is 2. The van der Waals surface area contributed by atoms with E-state index in [1.807, 2.05) is 0 Å². The Hall–Kier alpha value is -2.74. The molecule has 0 aliphatic carbocycles. The summed E-state index contributed by atoms with van der Waals surface area (Å²) in [6.07, 6.45) is -4.67. The Labute approximate surface area is 151 Å². The van der Waals surface area contributed by atoms with E-state index in [1.54, 1.807) is 0 Å². The van der Waals surface area contributed by atoms with Crippen LogP contribution >= 0.6 is 11.6 Å². The van der Waals surface area contributed by atoms with Gasteiger partial charge < -0.3 is 14.8 Å². The van der Waals surface area contributed by atoms with Crippen LogP contribution < -0.4 is 10.1 Å². The maximum absolute atomic E-state index is 13.0. The van der Waals surface area contributed by atoms with E-state index in [0.717, 1.165) is 12.1 Å². The first kappa shape index (κ1) is 19.6. The Bertz CT molecular complexity index is 807. The second-order valence-corrected chi connectivity index (χ2v) is 5.42. The highest BCUT2D eigenvalue weighted by Gasteiger charge is 2.34. The number of carbonyl (C=O) groups is 2. The fourth-order valence-electron chi connectivity index (χ4n) is 2.02. The molecule has 26 heavy (non-hydrogen) atoms. The molecule has 2 aromatic carbocycles. The summed E-state index contributed by atoms with van der Waals surface area (Å²) in [6, 6.07) is 8.89. The largest absolute Gasteiger partial charge is 0.484 e. The monoisotopic (exact) mass is 387 g/mol. The number of esters is 1. The zero-order chi connectivity index (χ0) is 19.3. The minimum Gasteiger partial charge on any atom is -0.484 e. The molecular formula is C17H13ClF3NO4. The maximum atomic E-state index is 13.0. The number of nitrogens with one attached hydrogen (secondary N) is 1. The molecule has 0 atom stereocenters. The van der Waals surface area contributed by atoms with Crippen LogP contribution in [0.25, 0.3) is 0 Å². The van der Waals surface area contributed by atoms with Crippen molar-refractivity contribution in [3.8, 4) is 5.75 Å². The molecule has 1 amide bonds. The van der Waals surface area contributed by atoms with E-state index in [4.69, 9.17) is 16.3 Å². The first-order chi connectivity index (χ1) is 12.2. The minimum atomic E-state index is -4.67. The normalized spacial score (nSPS) is 11.0. The lowest BCUT2D eigenvalue weighted by molar-refractivity contribution is -0.137. The lowest BCUT2D eigenvalue weighted by atomic mass is 10.1. The number of para-hydroxylation sites is 1. The van der Waals surface area contributed by atoms with E-state index < -0.39 is 35.9 Å². The van der Waals surface area contributed by atoms with Gasteiger partial charge in [0.05, 0.1) is 28.9 Å². The number of halogens is 4. The molecule has 0 aliphatic heterocycles. The van der Waals surface area contributed by atoms with Gasteiger partial charge in [-0.05, 0) is 36.4 Å². The van der Waals surface area contributed by atoms with Crippen molar-refractivity contribution in [3.63, 3.8) is 0 Å². The van der Waals surface area contributed by atoms with Crippen LogP contribution in [0.15, 0.2) is 42.5 Å². The predicted molar refractivity (Wildman–Crippen MR) is 88.4 cm³/mol. The lowest BCUT2D eigenvalue weighted by Crippen LogP contribution is -2.22. The Kier molecular flexibility index (Phi) is 6.10. The van der Waals surface area contributed by atoms with E-state index in [1.165, 1.54) is 37.4 Å². The van der Waals surface area contributed by atoms with Crippen molar-refractivity contribution in [2.24, 2.45) is 0 Å². The van der Waals surface area contributed by atoms with Gasteiger partial charge in [-0.2, -0.15) is 13.2 Å². The number of anilines is 1. The molecule has 0 saturated carbocycles. The van der Waals surface area contributed by atoms with Crippen LogP contribution in [0.1, 0.15) is 15.9 Å². The van der Waals surface area contributed by atoms with Crippen molar-refractivity contribution in [2.75, 3.05) is 19.0 Å². The Morgan fingerprint density at radius 3 is 2.35 bits per heavy atom. The summed E-state index contributed by atoms with van der Waals surface area (Å²) in [4.78, 5) is 23.2. The van der Waals surface area contributed by atoms with Crippen LogP contribution in [0, 0.1) is 0 Å². The highest BCUT2D eigenvalue weighted by atomic mass is 35.5. The summed E-state index contributed by atoms with van der Waals surface area (Å²) in [5.74, 6) is -1.10. The molecule has 0 spiro atoms. The van der Waals surface area contributed by atoms with Gasteiger partial charge in [-0.1, -0.05) is 17.7 Å². The summed E-state index contributed by atoms with van der Waals surface area (Å²) < 4.78 is 48.7. The molecular weight excluding hydrogens is 375 g/mol. The Balaban J connectivity index is 2.03. The molecule has 0 bridgehead atoms. The van der Waals surface area contributed by atoms with Crippen molar-refractivity contribution >= 4 is 29.2 Å². The van der Waals surface area contributed by atoms with Gasteiger partial charge in [0.2, 0.25) is 0 Å². The van der Waals surface area contributed by atoms with E-state index >= 15 is 0 Å². The van der Waals surface area contributed by atoms with Crippen molar-refractivity contribution in [2.45, 2.75) is 6.18 Å². The predicted octanol–water partition coefficient (Wildman–Crippen LogP) is 4.16. The zero-order valence-corrected chi connectivity index (χ0v) is 14.1. The van der Waals surface area contributed by atoms with Crippen LogP contribution in [-0.4, -0.2) is 25.6 Å². The van der Waals surface area contributed by atoms with Gasteiger partial charge in [-0.15, -0.1) is 0 Å². The Morgan fingerprint density at radius 2 is 1.77 bits per heavy atom. The molecule has 0 radical (unpaired) electrons. The van der Waals surface area contributed by atoms with E-state index in [9.17, 15) is 22.8 Å². The first-order valence-corrected chi connectivity index (χ1v) is 7.57. The number of hydrogen-bond acceptors (Lipinski definition) is 4. The maximum Gasteiger partial charge on any atom is 0.418 e. The van der Waals surface area contributed by atoms with E-state index in [0.29, 0.717) is 0 Å². The smallest absolute Gasteiger partial charge is 0.418 e. The molecule has 5 nitrogen and oxygen atoms in total. The molecule has 0 saturated heterocycles. The number of methoxy groups -OCH3 is 1. The highest BCUT2D eigenvalue weighted by Crippen LogP contribution is 2.38. The van der Waals surface area contributed by atoms with Gasteiger partial charge in [-0.25, -0.2) is 4.79 Å². The average molecular weight is 388 g/mol. The molecule has 0 aliphatic rings. The molecule has 0 aromatic heterocycles. The summed E-state index contributed by atoms with van der Waals surface area (Å²) >= 11 is 5.76. The molecule has 9 heteroatoms. The average Bonchev–Trinajstić information content (AvgIpc) is 2.60. The summed E-state index contributed by atoms with van der Waals surface area (Å²) in [5.41, 5.74) is -1.30. The van der Waals surface area contributed by atoms with Gasteiger partial charge in [-0.3, -0.25) is 4.79 Å². The fourth-order valence-corrected chi connectivity index (χ4v) is 2.24. The van der Waals surface area contributed by atoms with Gasteiger partial charge in [0.25, 0.3) is 5.91 Å². The number of amides is 1. The van der Waals surface area contributed by atoms with E-state index in [-0.39, 0.29) is 16.3 Å². The SMILES string of the molecule is COC(=O)c1ccc(OCC(=O)Nc2c(Cl)cccc2C(F)(F)F)cc1. The van der Waals surface area contributed by atoms with Crippen molar-refractivity contribution in [1.82, 2.24) is 0 Å². The number of rotatable bonds is 5. The zero-order valence-electron chi connectivity index (χ0n) is 13.4. The summed E-state index contributed by atoms with van der Waals surface area (Å²) in [7, 11) is 1.24. The second-order valence-electron chi connectivity index (χ2n) is 5.01. The molecule has 138 valence electrons. The van der Waals surface area contributed by atoms with Crippen molar-refractivity contribution < 1.29 is 32.2 Å². The van der Waals surface area contributed by atoms with Crippen LogP contribution in [0.5, 0.6) is 5.75 Å². The minimum absolute atomic E-state index is 0.240. The fraction of sp³-hybridized carbons (Fsp3) is 0.176. The van der Waals surface area contributed by atoms with Crippen LogP contribution in [0.4, 0.5) is 18.9 Å². The third kappa shape index (κ3) is 4.89. The number of alkyl halides is 3. The summed E-state index contributed by atoms with van der Waals surface area (Å²) in [6.45, 7) is -0.542. The first-order valence-electron chi connectivity index (χ1n) is 7.19. The van der Waals surface area contributed by atoms with Crippen molar-refractivity contribution in [1.29, 1.82) is 0 Å². The Morgan fingerprint density at radius 1 is 1.12 bits per heavy atom. The van der Waals surface area contributed by atoms with E-state index in [2.05, 4.69) is 10.1 Å². The molecule has 0 heterocycles. The third-order valence-electron chi connectivity index (χ3n) is 3.23. The molecule has 2 rings (SSSR count). The molecule has 1 N–H and O–H groups in total. The second kappa shape index (κ2) is 8.09. The van der Waals surface area contributed by atoms with Crippen LogP contribution in [0.2, 0.25) is 5.02 Å². The van der Waals surface area contributed by atoms with Crippen LogP contribution in [-0.2, 0) is 15.7 Å². The lowest BCUT2D eigenvalue weighted by Gasteiger charge is -2.15. The number of hydrogen-bond donors (Lipinski definition) is 1. The molecule has 2 aromatic rings. The number of ether oxygens (including phenoxy) is 2. The van der Waals surface area contributed by atoms with Gasteiger partial charge in [0.15, 0.2) is 6.61 Å². The summed E-state index contributed by atoms with van der Waals surface area (Å²) in [5, 5.41) is 1.86. The van der Waals surface area contributed by atoms with Gasteiger partial charge >= 0.3 is 12.1 Å². The number of carbonyl (C=O) groups excluding carboxylic acids is 2. The van der Waals surface area contributed by atoms with Gasteiger partial charge in [0, 0.05) is 0 Å². The standard InChI is InChI=1S/C17H13ClF3NO4/c1-25-16(24)10-5-7-11(8-6-10)26-9-14(23)22-15-12(17(19,20)21)3-2-4-13(15)18/h2-8H,9H2,1H3,(H,22,23). The molecule has 0 fully saturated rings. The van der Waals surface area contributed by atoms with Crippen molar-refractivity contribution in [3.05, 3.63) is 58.6 Å². The topological polar surface area (TPSA) is 64.6 Å².